The molecule has 6 atom stereocenters. The van der Waals surface area contributed by atoms with E-state index in [0.29, 0.717) is 25.7 Å². The molecule has 0 aliphatic heterocycles. The lowest BCUT2D eigenvalue weighted by Gasteiger charge is -2.21. The van der Waals surface area contributed by atoms with Gasteiger partial charge in [-0.3, -0.25) is 37.3 Å². The fraction of sp³-hybridized carbons (Fsp3) is 0.947. The van der Waals surface area contributed by atoms with Crippen molar-refractivity contribution in [1.29, 1.82) is 0 Å². The maximum Gasteiger partial charge on any atom is 0.472 e. The first-order valence-electron chi connectivity index (χ1n) is 39.0. The van der Waals surface area contributed by atoms with E-state index in [1.807, 2.05) is 0 Å². The van der Waals surface area contributed by atoms with E-state index in [0.717, 1.165) is 108 Å². The Morgan fingerprint density at radius 3 is 0.809 bits per heavy atom. The Kier molecular flexibility index (Phi) is 65.5. The van der Waals surface area contributed by atoms with Crippen LogP contribution in [0, 0.1) is 11.8 Å². The van der Waals surface area contributed by atoms with Crippen LogP contribution in [0.2, 0.25) is 0 Å². The molecule has 0 spiro atoms. The number of carbonyl (C=O) groups is 4. The molecule has 94 heavy (non-hydrogen) atoms. The van der Waals surface area contributed by atoms with Crippen molar-refractivity contribution in [3.05, 3.63) is 0 Å². The van der Waals surface area contributed by atoms with Gasteiger partial charge in [0.15, 0.2) is 12.2 Å². The number of hydrogen-bond acceptors (Lipinski definition) is 15. The van der Waals surface area contributed by atoms with Crippen LogP contribution in [-0.2, 0) is 65.4 Å². The third kappa shape index (κ3) is 67.3. The molecule has 0 aliphatic carbocycles. The van der Waals surface area contributed by atoms with Crippen LogP contribution in [0.25, 0.3) is 0 Å². The molecular weight excluding hydrogens is 1230 g/mol. The SMILES string of the molecule is CCCCCCCCCCCCCCCCC(=O)O[C@H](COC(=O)CCCCCCCCCC)COP(=O)(O)OC[C@H](O)COP(=O)(O)OC[C@@H](COC(=O)CCCCCCCCCCCCCC(C)C)OC(=O)CCCCCCCCCCCCCCCCC(C)CC. The molecule has 0 aliphatic rings. The normalized spacial score (nSPS) is 14.3. The number of hydrogen-bond donors (Lipinski definition) is 3. The average Bonchev–Trinajstić information content (AvgIpc) is 2.41. The van der Waals surface area contributed by atoms with Gasteiger partial charge in [0.1, 0.15) is 19.3 Å². The highest BCUT2D eigenvalue weighted by Gasteiger charge is 2.30. The summed E-state index contributed by atoms with van der Waals surface area (Å²) in [6, 6.07) is 0. The molecule has 0 heterocycles. The van der Waals surface area contributed by atoms with E-state index in [4.69, 9.17) is 37.0 Å². The van der Waals surface area contributed by atoms with Crippen LogP contribution in [0.1, 0.15) is 388 Å². The maximum absolute atomic E-state index is 13.1. The van der Waals surface area contributed by atoms with Crippen LogP contribution in [-0.4, -0.2) is 96.7 Å². The van der Waals surface area contributed by atoms with Gasteiger partial charge in [0.25, 0.3) is 0 Å². The lowest BCUT2D eigenvalue weighted by atomic mass is 9.99. The zero-order chi connectivity index (χ0) is 69.3. The van der Waals surface area contributed by atoms with Crippen molar-refractivity contribution in [2.75, 3.05) is 39.6 Å². The minimum Gasteiger partial charge on any atom is -0.462 e. The van der Waals surface area contributed by atoms with Crippen LogP contribution >= 0.6 is 15.6 Å². The maximum atomic E-state index is 13.1. The number of carbonyl (C=O) groups excluding carboxylic acids is 4. The summed E-state index contributed by atoms with van der Waals surface area (Å²) in [5.41, 5.74) is 0. The standard InChI is InChI=1S/C75H146O17P2/c1-7-10-12-14-16-18-19-20-24-29-35-41-47-53-59-74(79)91-70(63-85-72(77)57-51-45-39-17-15-13-11-8-2)65-89-93(81,82)87-61-69(76)62-88-94(83,84)90-66-71(64-86-73(78)58-52-46-40-34-31-26-27-32-37-43-49-55-67(4)5)92-75(80)60-54-48-42-36-30-25-22-21-23-28-33-38-44-50-56-68(6)9-3/h67-71,76H,7-66H2,1-6H3,(H,81,82)(H,83,84)/t68?,69-,70+,71+/m0/s1. The van der Waals surface area contributed by atoms with Crippen LogP contribution in [0.3, 0.4) is 0 Å². The quantitative estimate of drug-likeness (QED) is 0.0222. The minimum atomic E-state index is -4.96. The molecule has 3 N–H and O–H groups in total. The Hall–Kier alpha value is -1.94. The molecule has 0 aromatic heterocycles. The van der Waals surface area contributed by atoms with Gasteiger partial charge in [-0.1, -0.05) is 337 Å². The van der Waals surface area contributed by atoms with E-state index in [2.05, 4.69) is 41.5 Å². The van der Waals surface area contributed by atoms with Crippen molar-refractivity contribution in [3.8, 4) is 0 Å². The number of phosphoric acid groups is 2. The van der Waals surface area contributed by atoms with E-state index in [-0.39, 0.29) is 25.7 Å². The lowest BCUT2D eigenvalue weighted by molar-refractivity contribution is -0.161. The van der Waals surface area contributed by atoms with E-state index in [1.54, 1.807) is 0 Å². The van der Waals surface area contributed by atoms with Gasteiger partial charge >= 0.3 is 39.5 Å². The van der Waals surface area contributed by atoms with Crippen molar-refractivity contribution < 1.29 is 80.2 Å². The smallest absolute Gasteiger partial charge is 0.462 e. The highest BCUT2D eigenvalue weighted by Crippen LogP contribution is 2.45. The number of aliphatic hydroxyl groups excluding tert-OH is 1. The number of phosphoric ester groups is 2. The number of unbranched alkanes of at least 4 members (excludes halogenated alkanes) is 43. The molecule has 0 aromatic rings. The van der Waals surface area contributed by atoms with Crippen LogP contribution < -0.4 is 0 Å². The fourth-order valence-electron chi connectivity index (χ4n) is 11.4. The molecule has 17 nitrogen and oxygen atoms in total. The predicted molar refractivity (Wildman–Crippen MR) is 381 cm³/mol. The highest BCUT2D eigenvalue weighted by molar-refractivity contribution is 7.47. The van der Waals surface area contributed by atoms with E-state index in [1.165, 1.54) is 199 Å². The number of aliphatic hydroxyl groups is 1. The number of rotatable bonds is 74. The summed E-state index contributed by atoms with van der Waals surface area (Å²) in [6.45, 7) is 9.63. The second kappa shape index (κ2) is 66.9. The summed E-state index contributed by atoms with van der Waals surface area (Å²) >= 11 is 0. The van der Waals surface area contributed by atoms with Crippen molar-refractivity contribution in [2.45, 2.75) is 407 Å². The Labute approximate surface area is 575 Å². The largest absolute Gasteiger partial charge is 0.472 e. The van der Waals surface area contributed by atoms with Crippen LogP contribution in [0.15, 0.2) is 0 Å². The van der Waals surface area contributed by atoms with Crippen molar-refractivity contribution in [2.24, 2.45) is 11.8 Å². The molecule has 0 saturated heterocycles. The summed E-state index contributed by atoms with van der Waals surface area (Å²) in [6.07, 6.45) is 54.0. The molecule has 19 heteroatoms. The summed E-state index contributed by atoms with van der Waals surface area (Å²) in [7, 11) is -9.91. The molecule has 3 unspecified atom stereocenters. The third-order valence-electron chi connectivity index (χ3n) is 17.8. The molecule has 0 aromatic carbocycles. The predicted octanol–water partition coefficient (Wildman–Crippen LogP) is 21.9. The van der Waals surface area contributed by atoms with Crippen molar-refractivity contribution >= 4 is 39.5 Å². The first-order chi connectivity index (χ1) is 45.4. The summed E-state index contributed by atoms with van der Waals surface area (Å²) in [5.74, 6) is -0.501. The van der Waals surface area contributed by atoms with Gasteiger partial charge in [0, 0.05) is 25.7 Å². The van der Waals surface area contributed by atoms with E-state index < -0.39 is 97.5 Å². The van der Waals surface area contributed by atoms with Gasteiger partial charge in [-0.05, 0) is 37.5 Å². The lowest BCUT2D eigenvalue weighted by Crippen LogP contribution is -2.30. The van der Waals surface area contributed by atoms with Gasteiger partial charge in [-0.25, -0.2) is 9.13 Å². The molecule has 0 rings (SSSR count). The zero-order valence-electron chi connectivity index (χ0n) is 61.3. The van der Waals surface area contributed by atoms with Gasteiger partial charge in [-0.15, -0.1) is 0 Å². The molecular formula is C75H146O17P2. The Morgan fingerprint density at radius 2 is 0.543 bits per heavy atom. The Morgan fingerprint density at radius 1 is 0.309 bits per heavy atom. The van der Waals surface area contributed by atoms with Gasteiger partial charge in [-0.2, -0.15) is 0 Å². The van der Waals surface area contributed by atoms with Crippen LogP contribution in [0.5, 0.6) is 0 Å². The first kappa shape index (κ1) is 92.1. The fourth-order valence-corrected chi connectivity index (χ4v) is 13.0. The van der Waals surface area contributed by atoms with Crippen LogP contribution in [0.4, 0.5) is 0 Å². The van der Waals surface area contributed by atoms with E-state index in [9.17, 15) is 43.2 Å². The molecule has 0 amide bonds. The van der Waals surface area contributed by atoms with Gasteiger partial charge in [0.2, 0.25) is 0 Å². The highest BCUT2D eigenvalue weighted by atomic mass is 31.2. The number of esters is 4. The summed E-state index contributed by atoms with van der Waals surface area (Å²) in [5, 5.41) is 10.6. The molecule has 0 fully saturated rings. The minimum absolute atomic E-state index is 0.108. The topological polar surface area (TPSA) is 237 Å². The summed E-state index contributed by atoms with van der Waals surface area (Å²) in [4.78, 5) is 72.7. The van der Waals surface area contributed by atoms with E-state index >= 15 is 0 Å². The zero-order valence-corrected chi connectivity index (χ0v) is 63.1. The monoisotopic (exact) mass is 1380 g/mol. The second-order valence-corrected chi connectivity index (χ2v) is 30.7. The molecule has 0 saturated carbocycles. The summed E-state index contributed by atoms with van der Waals surface area (Å²) < 4.78 is 68.4. The van der Waals surface area contributed by atoms with Gasteiger partial charge < -0.3 is 33.8 Å². The second-order valence-electron chi connectivity index (χ2n) is 27.8. The Balaban J connectivity index is 5.22. The molecule has 0 bridgehead atoms. The number of ether oxygens (including phenoxy) is 4. The average molecular weight is 1380 g/mol. The molecule has 0 radical (unpaired) electrons. The first-order valence-corrected chi connectivity index (χ1v) is 42.0. The van der Waals surface area contributed by atoms with Crippen molar-refractivity contribution in [3.63, 3.8) is 0 Å². The molecule has 558 valence electrons. The Bertz CT molecular complexity index is 1820. The van der Waals surface area contributed by atoms with Gasteiger partial charge in [0.05, 0.1) is 26.4 Å². The third-order valence-corrected chi connectivity index (χ3v) is 19.7. The van der Waals surface area contributed by atoms with Crippen molar-refractivity contribution in [1.82, 2.24) is 0 Å².